The van der Waals surface area contributed by atoms with E-state index in [0.717, 1.165) is 19.5 Å². The van der Waals surface area contributed by atoms with Crippen LogP contribution in [-0.2, 0) is 4.79 Å². The number of carbonyl (C=O) groups is 1. The third-order valence-electron chi connectivity index (χ3n) is 2.24. The Kier molecular flexibility index (Phi) is 1.79. The standard InChI is InChI=1S/C7H13N3O/c11-7-3-5-9-10(7)6-2-1-4-8-6/h6,8-9H,1-5H2/t6-/m1/s1. The van der Waals surface area contributed by atoms with E-state index in [0.29, 0.717) is 6.42 Å². The average molecular weight is 155 g/mol. The van der Waals surface area contributed by atoms with Crippen molar-refractivity contribution < 1.29 is 4.79 Å². The third-order valence-corrected chi connectivity index (χ3v) is 2.24. The minimum absolute atomic E-state index is 0.226. The number of hydrogen-bond acceptors (Lipinski definition) is 3. The van der Waals surface area contributed by atoms with Gasteiger partial charge in [-0.3, -0.25) is 15.1 Å². The van der Waals surface area contributed by atoms with Crippen LogP contribution < -0.4 is 10.7 Å². The summed E-state index contributed by atoms with van der Waals surface area (Å²) in [5, 5.41) is 5.01. The Hall–Kier alpha value is -0.610. The topological polar surface area (TPSA) is 44.4 Å². The smallest absolute Gasteiger partial charge is 0.239 e. The molecule has 0 bridgehead atoms. The van der Waals surface area contributed by atoms with Gasteiger partial charge in [0.25, 0.3) is 0 Å². The molecule has 62 valence electrons. The molecule has 0 spiro atoms. The van der Waals surface area contributed by atoms with Crippen LogP contribution in [0.25, 0.3) is 0 Å². The van der Waals surface area contributed by atoms with Crippen molar-refractivity contribution in [1.82, 2.24) is 15.8 Å². The fourth-order valence-corrected chi connectivity index (χ4v) is 1.66. The van der Waals surface area contributed by atoms with Gasteiger partial charge in [-0.05, 0) is 19.4 Å². The Morgan fingerprint density at radius 2 is 2.36 bits per heavy atom. The zero-order chi connectivity index (χ0) is 7.68. The van der Waals surface area contributed by atoms with E-state index in [-0.39, 0.29) is 12.1 Å². The molecule has 0 saturated carbocycles. The van der Waals surface area contributed by atoms with E-state index in [9.17, 15) is 4.79 Å². The summed E-state index contributed by atoms with van der Waals surface area (Å²) in [6.45, 7) is 1.84. The molecule has 11 heavy (non-hydrogen) atoms. The molecule has 4 heteroatoms. The first-order valence-electron chi connectivity index (χ1n) is 4.17. The normalized spacial score (nSPS) is 31.8. The highest BCUT2D eigenvalue weighted by Crippen LogP contribution is 2.12. The lowest BCUT2D eigenvalue weighted by molar-refractivity contribution is -0.132. The molecule has 0 unspecified atom stereocenters. The zero-order valence-corrected chi connectivity index (χ0v) is 6.47. The lowest BCUT2D eigenvalue weighted by Crippen LogP contribution is -2.48. The molecule has 0 radical (unpaired) electrons. The van der Waals surface area contributed by atoms with Gasteiger partial charge in [0.1, 0.15) is 0 Å². The number of nitrogens with one attached hydrogen (secondary N) is 2. The van der Waals surface area contributed by atoms with Gasteiger partial charge in [0, 0.05) is 13.0 Å². The van der Waals surface area contributed by atoms with E-state index < -0.39 is 0 Å². The van der Waals surface area contributed by atoms with Crippen LogP contribution in [0.1, 0.15) is 19.3 Å². The van der Waals surface area contributed by atoms with Gasteiger partial charge in [-0.1, -0.05) is 0 Å². The summed E-state index contributed by atoms with van der Waals surface area (Å²) >= 11 is 0. The highest BCUT2D eigenvalue weighted by Gasteiger charge is 2.29. The average Bonchev–Trinajstić information content (AvgIpc) is 2.55. The molecular weight excluding hydrogens is 142 g/mol. The van der Waals surface area contributed by atoms with E-state index in [1.807, 2.05) is 0 Å². The molecule has 2 aliphatic rings. The van der Waals surface area contributed by atoms with Crippen molar-refractivity contribution >= 4 is 5.91 Å². The molecule has 1 amide bonds. The van der Waals surface area contributed by atoms with Crippen molar-refractivity contribution in [2.24, 2.45) is 0 Å². The highest BCUT2D eigenvalue weighted by atomic mass is 16.2. The van der Waals surface area contributed by atoms with Gasteiger partial charge >= 0.3 is 0 Å². The molecule has 2 aliphatic heterocycles. The highest BCUT2D eigenvalue weighted by molar-refractivity contribution is 5.77. The lowest BCUT2D eigenvalue weighted by Gasteiger charge is -2.23. The third kappa shape index (κ3) is 1.23. The van der Waals surface area contributed by atoms with Gasteiger partial charge in [-0.25, -0.2) is 5.43 Å². The van der Waals surface area contributed by atoms with Crippen LogP contribution in [0.3, 0.4) is 0 Å². The number of carbonyl (C=O) groups excluding carboxylic acids is 1. The predicted octanol–water partition coefficient (Wildman–Crippen LogP) is -0.567. The maximum absolute atomic E-state index is 11.2. The van der Waals surface area contributed by atoms with Crippen LogP contribution in [0.4, 0.5) is 0 Å². The molecular formula is C7H13N3O. The van der Waals surface area contributed by atoms with E-state index in [1.165, 1.54) is 6.42 Å². The van der Waals surface area contributed by atoms with Crippen LogP contribution in [0.15, 0.2) is 0 Å². The first-order valence-corrected chi connectivity index (χ1v) is 4.17. The SMILES string of the molecule is O=C1CCNN1[C@@H]1CCCN1. The molecule has 1 atom stereocenters. The summed E-state index contributed by atoms with van der Waals surface area (Å²) < 4.78 is 0. The van der Waals surface area contributed by atoms with E-state index in [1.54, 1.807) is 5.01 Å². The summed E-state index contributed by atoms with van der Waals surface area (Å²) in [6, 6.07) is 0. The second kappa shape index (κ2) is 2.79. The summed E-state index contributed by atoms with van der Waals surface area (Å²) in [6.07, 6.45) is 3.16. The van der Waals surface area contributed by atoms with Crippen molar-refractivity contribution in [2.45, 2.75) is 25.4 Å². The van der Waals surface area contributed by atoms with Crippen LogP contribution in [-0.4, -0.2) is 30.2 Å². The van der Waals surface area contributed by atoms with Crippen LogP contribution >= 0.6 is 0 Å². The Morgan fingerprint density at radius 3 is 2.91 bits per heavy atom. The maximum atomic E-state index is 11.2. The number of rotatable bonds is 1. The van der Waals surface area contributed by atoms with E-state index >= 15 is 0 Å². The van der Waals surface area contributed by atoms with Gasteiger partial charge in [-0.2, -0.15) is 0 Å². The van der Waals surface area contributed by atoms with Gasteiger partial charge in [0.05, 0.1) is 6.17 Å². The zero-order valence-electron chi connectivity index (χ0n) is 6.47. The lowest BCUT2D eigenvalue weighted by atomic mass is 10.3. The Balaban J connectivity index is 1.97. The van der Waals surface area contributed by atoms with Crippen molar-refractivity contribution in [2.75, 3.05) is 13.1 Å². The molecule has 2 heterocycles. The van der Waals surface area contributed by atoms with E-state index in [4.69, 9.17) is 0 Å². The van der Waals surface area contributed by atoms with Crippen molar-refractivity contribution in [3.63, 3.8) is 0 Å². The number of nitrogens with zero attached hydrogens (tertiary/aromatic N) is 1. The summed E-state index contributed by atoms with van der Waals surface area (Å²) in [7, 11) is 0. The summed E-state index contributed by atoms with van der Waals surface area (Å²) in [4.78, 5) is 11.2. The first-order chi connectivity index (χ1) is 5.38. The molecule has 0 aromatic heterocycles. The van der Waals surface area contributed by atoms with Gasteiger partial charge < -0.3 is 0 Å². The van der Waals surface area contributed by atoms with Crippen molar-refractivity contribution in [3.05, 3.63) is 0 Å². The molecule has 2 saturated heterocycles. The molecule has 2 N–H and O–H groups in total. The minimum Gasteiger partial charge on any atom is -0.296 e. The molecule has 0 aliphatic carbocycles. The number of hydrazine groups is 1. The predicted molar refractivity (Wildman–Crippen MR) is 40.5 cm³/mol. The van der Waals surface area contributed by atoms with E-state index in [2.05, 4.69) is 10.7 Å². The van der Waals surface area contributed by atoms with Crippen molar-refractivity contribution in [3.8, 4) is 0 Å². The van der Waals surface area contributed by atoms with Gasteiger partial charge in [0.15, 0.2) is 0 Å². The molecule has 4 nitrogen and oxygen atoms in total. The Morgan fingerprint density at radius 1 is 1.45 bits per heavy atom. The molecule has 2 fully saturated rings. The van der Waals surface area contributed by atoms with Crippen molar-refractivity contribution in [1.29, 1.82) is 0 Å². The molecule has 0 aromatic rings. The second-order valence-electron chi connectivity index (χ2n) is 3.03. The largest absolute Gasteiger partial charge is 0.296 e. The summed E-state index contributed by atoms with van der Waals surface area (Å²) in [5.74, 6) is 0.226. The Labute approximate surface area is 65.9 Å². The molecule has 0 aromatic carbocycles. The number of hydrogen-bond donors (Lipinski definition) is 2. The van der Waals surface area contributed by atoms with Crippen LogP contribution in [0.2, 0.25) is 0 Å². The van der Waals surface area contributed by atoms with Crippen LogP contribution in [0, 0.1) is 0 Å². The first kappa shape index (κ1) is 7.06. The quantitative estimate of drug-likeness (QED) is 0.533. The van der Waals surface area contributed by atoms with Gasteiger partial charge in [-0.15, -0.1) is 0 Å². The Bertz CT molecular complexity index is 165. The van der Waals surface area contributed by atoms with Crippen LogP contribution in [0.5, 0.6) is 0 Å². The fourth-order valence-electron chi connectivity index (χ4n) is 1.66. The maximum Gasteiger partial charge on any atom is 0.239 e. The number of amides is 1. The summed E-state index contributed by atoms with van der Waals surface area (Å²) in [5.41, 5.74) is 3.07. The monoisotopic (exact) mass is 155 g/mol. The fraction of sp³-hybridized carbons (Fsp3) is 0.857. The van der Waals surface area contributed by atoms with Gasteiger partial charge in [0.2, 0.25) is 5.91 Å². The second-order valence-corrected chi connectivity index (χ2v) is 3.03. The minimum atomic E-state index is 0.226. The molecule has 2 rings (SSSR count).